The van der Waals surface area contributed by atoms with Crippen molar-refractivity contribution in [1.29, 1.82) is 0 Å². The first-order valence-electron chi connectivity index (χ1n) is 7.86. The van der Waals surface area contributed by atoms with E-state index in [2.05, 4.69) is 5.10 Å². The third-order valence-electron chi connectivity index (χ3n) is 4.02. The summed E-state index contributed by atoms with van der Waals surface area (Å²) in [5, 5.41) is 4.14. The van der Waals surface area contributed by atoms with E-state index in [0.29, 0.717) is 26.3 Å². The smallest absolute Gasteiger partial charge is 0.237 e. The third-order valence-corrected chi connectivity index (χ3v) is 4.25. The van der Waals surface area contributed by atoms with Crippen LogP contribution in [-0.4, -0.2) is 46.2 Å². The van der Waals surface area contributed by atoms with E-state index in [1.54, 1.807) is 15.8 Å². The number of benzene rings is 1. The lowest BCUT2D eigenvalue weighted by Gasteiger charge is -2.23. The van der Waals surface area contributed by atoms with Crippen molar-refractivity contribution in [2.45, 2.75) is 13.0 Å². The highest BCUT2D eigenvalue weighted by Gasteiger charge is 2.16. The molecule has 0 N–H and O–H groups in total. The van der Waals surface area contributed by atoms with E-state index in [-0.39, 0.29) is 11.8 Å². The Morgan fingerprint density at radius 3 is 2.79 bits per heavy atom. The van der Waals surface area contributed by atoms with Gasteiger partial charge < -0.3 is 14.4 Å². The molecule has 1 aromatic carbocycles. The number of hydrogen-bond donors (Lipinski definition) is 0. The molecule has 24 heavy (non-hydrogen) atoms. The van der Waals surface area contributed by atoms with Crippen LogP contribution in [0.4, 0.5) is 0 Å². The number of carbonyl (C=O) groups excluding carboxylic acids is 1. The number of ether oxygens (including phenoxy) is 2. The van der Waals surface area contributed by atoms with E-state index < -0.39 is 0 Å². The van der Waals surface area contributed by atoms with Crippen LogP contribution in [0.25, 0.3) is 0 Å². The number of fused-ring (bicyclic) bond motifs is 1. The number of carbonyl (C=O) groups is 1. The first-order chi connectivity index (χ1) is 11.7. The fraction of sp³-hybridized carbons (Fsp3) is 0.412. The average molecular weight is 350 g/mol. The maximum atomic E-state index is 12.1. The van der Waals surface area contributed by atoms with Gasteiger partial charge in [-0.1, -0.05) is 6.07 Å². The van der Waals surface area contributed by atoms with Gasteiger partial charge in [-0.05, 0) is 30.2 Å². The summed E-state index contributed by atoms with van der Waals surface area (Å²) in [5.41, 5.74) is 2.06. The van der Waals surface area contributed by atoms with Crippen LogP contribution in [0.2, 0.25) is 0 Å². The van der Waals surface area contributed by atoms with Crippen LogP contribution >= 0.6 is 11.6 Å². The summed E-state index contributed by atoms with van der Waals surface area (Å²) in [5.74, 6) is 1.42. The summed E-state index contributed by atoms with van der Waals surface area (Å²) in [6.07, 6.45) is 2.44. The summed E-state index contributed by atoms with van der Waals surface area (Å²) >= 11 is 5.75. The minimum atomic E-state index is -0.0876. The second-order valence-electron chi connectivity index (χ2n) is 5.62. The topological polar surface area (TPSA) is 56.6 Å². The fourth-order valence-corrected chi connectivity index (χ4v) is 2.80. The zero-order chi connectivity index (χ0) is 16.9. The molecule has 0 spiro atoms. The van der Waals surface area contributed by atoms with Crippen molar-refractivity contribution in [1.82, 2.24) is 14.7 Å². The van der Waals surface area contributed by atoms with Crippen LogP contribution in [0.15, 0.2) is 30.5 Å². The van der Waals surface area contributed by atoms with Gasteiger partial charge in [-0.3, -0.25) is 9.48 Å². The minimum Gasteiger partial charge on any atom is -0.486 e. The molecule has 3 rings (SSSR count). The molecule has 1 aliphatic rings. The first-order valence-corrected chi connectivity index (χ1v) is 8.40. The number of aryl methyl sites for hydroxylation is 1. The predicted octanol–water partition coefficient (Wildman–Crippen LogP) is 2.00. The molecule has 6 nitrogen and oxygen atoms in total. The molecular weight excluding hydrogens is 330 g/mol. The number of hydrogen-bond acceptors (Lipinski definition) is 4. The Labute approximate surface area is 145 Å². The number of aromatic nitrogens is 2. The SMILES string of the molecule is Cn1nccc1CN(CCc1ccc2c(c1)OCCO2)C(=O)CCl. The fourth-order valence-electron chi connectivity index (χ4n) is 2.64. The Hall–Kier alpha value is -2.21. The molecule has 0 bridgehead atoms. The van der Waals surface area contributed by atoms with E-state index >= 15 is 0 Å². The highest BCUT2D eigenvalue weighted by molar-refractivity contribution is 6.27. The number of halogens is 1. The highest BCUT2D eigenvalue weighted by Crippen LogP contribution is 2.30. The van der Waals surface area contributed by atoms with Gasteiger partial charge in [0.05, 0.1) is 12.2 Å². The van der Waals surface area contributed by atoms with Crippen molar-refractivity contribution in [2.24, 2.45) is 7.05 Å². The molecule has 0 unspecified atom stereocenters. The third kappa shape index (κ3) is 3.82. The van der Waals surface area contributed by atoms with Crippen LogP contribution < -0.4 is 9.47 Å². The number of rotatable bonds is 6. The van der Waals surface area contributed by atoms with Gasteiger partial charge in [0.2, 0.25) is 5.91 Å². The van der Waals surface area contributed by atoms with Gasteiger partial charge in [-0.2, -0.15) is 5.10 Å². The van der Waals surface area contributed by atoms with Crippen molar-refractivity contribution in [3.8, 4) is 11.5 Å². The van der Waals surface area contributed by atoms with Crippen molar-refractivity contribution in [3.63, 3.8) is 0 Å². The first kappa shape index (κ1) is 16.6. The van der Waals surface area contributed by atoms with E-state index in [9.17, 15) is 4.79 Å². The van der Waals surface area contributed by atoms with Gasteiger partial charge in [-0.15, -0.1) is 11.6 Å². The summed E-state index contributed by atoms with van der Waals surface area (Å²) < 4.78 is 12.9. The van der Waals surface area contributed by atoms with Crippen LogP contribution in [0.3, 0.4) is 0 Å². The van der Waals surface area contributed by atoms with E-state index in [1.165, 1.54) is 0 Å². The number of amides is 1. The van der Waals surface area contributed by atoms with Gasteiger partial charge in [0.1, 0.15) is 19.1 Å². The molecule has 0 saturated carbocycles. The molecule has 1 aliphatic heterocycles. The van der Waals surface area contributed by atoms with Crippen LogP contribution in [0, 0.1) is 0 Å². The lowest BCUT2D eigenvalue weighted by Crippen LogP contribution is -2.34. The van der Waals surface area contributed by atoms with Gasteiger partial charge in [0.25, 0.3) is 0 Å². The molecule has 128 valence electrons. The predicted molar refractivity (Wildman–Crippen MR) is 90.5 cm³/mol. The number of alkyl halides is 1. The second kappa shape index (κ2) is 7.57. The monoisotopic (exact) mass is 349 g/mol. The van der Waals surface area contributed by atoms with Crippen molar-refractivity contribution in [3.05, 3.63) is 41.7 Å². The zero-order valence-corrected chi connectivity index (χ0v) is 14.3. The molecule has 2 aromatic rings. The van der Waals surface area contributed by atoms with Gasteiger partial charge in [-0.25, -0.2) is 0 Å². The summed E-state index contributed by atoms with van der Waals surface area (Å²) in [6.45, 7) is 2.21. The van der Waals surface area contributed by atoms with E-state index in [0.717, 1.165) is 29.2 Å². The van der Waals surface area contributed by atoms with Gasteiger partial charge in [0.15, 0.2) is 11.5 Å². The van der Waals surface area contributed by atoms with Crippen molar-refractivity contribution in [2.75, 3.05) is 25.6 Å². The molecule has 1 amide bonds. The minimum absolute atomic E-state index is 0.0288. The lowest BCUT2D eigenvalue weighted by molar-refractivity contribution is -0.129. The molecule has 0 fully saturated rings. The second-order valence-corrected chi connectivity index (χ2v) is 5.89. The largest absolute Gasteiger partial charge is 0.486 e. The van der Waals surface area contributed by atoms with Crippen molar-refractivity contribution < 1.29 is 14.3 Å². The van der Waals surface area contributed by atoms with Crippen LogP contribution in [-0.2, 0) is 24.8 Å². The quantitative estimate of drug-likeness (QED) is 0.748. The average Bonchev–Trinajstić information content (AvgIpc) is 3.02. The zero-order valence-electron chi connectivity index (χ0n) is 13.6. The maximum Gasteiger partial charge on any atom is 0.237 e. The Morgan fingerprint density at radius 1 is 1.29 bits per heavy atom. The maximum absolute atomic E-state index is 12.1. The van der Waals surface area contributed by atoms with Gasteiger partial charge in [0, 0.05) is 19.8 Å². The van der Waals surface area contributed by atoms with Gasteiger partial charge >= 0.3 is 0 Å². The summed E-state index contributed by atoms with van der Waals surface area (Å²) in [7, 11) is 1.86. The molecule has 2 heterocycles. The van der Waals surface area contributed by atoms with E-state index in [4.69, 9.17) is 21.1 Å². The Bertz CT molecular complexity index is 717. The highest BCUT2D eigenvalue weighted by atomic mass is 35.5. The van der Waals surface area contributed by atoms with Crippen molar-refractivity contribution >= 4 is 17.5 Å². The summed E-state index contributed by atoms with van der Waals surface area (Å²) in [4.78, 5) is 13.9. The molecule has 1 aromatic heterocycles. The Morgan fingerprint density at radius 2 is 2.08 bits per heavy atom. The van der Waals surface area contributed by atoms with Crippen LogP contribution in [0.1, 0.15) is 11.3 Å². The molecule has 0 saturated heterocycles. The normalized spacial score (nSPS) is 12.9. The molecule has 0 aliphatic carbocycles. The van der Waals surface area contributed by atoms with E-state index in [1.807, 2.05) is 31.3 Å². The number of nitrogens with zero attached hydrogens (tertiary/aromatic N) is 3. The Kier molecular flexibility index (Phi) is 5.25. The lowest BCUT2D eigenvalue weighted by atomic mass is 10.1. The molecular formula is C17H20ClN3O3. The standard InChI is InChI=1S/C17H20ClN3O3/c1-20-14(4-6-19-20)12-21(17(22)11-18)7-5-13-2-3-15-16(10-13)24-9-8-23-15/h2-4,6,10H,5,7-9,11-12H2,1H3. The summed E-state index contributed by atoms with van der Waals surface area (Å²) in [6, 6.07) is 7.79. The molecule has 0 radical (unpaired) electrons. The molecule has 0 atom stereocenters. The Balaban J connectivity index is 1.67. The molecule has 7 heteroatoms. The van der Waals surface area contributed by atoms with Crippen LogP contribution in [0.5, 0.6) is 11.5 Å².